The first-order valence-corrected chi connectivity index (χ1v) is 7.72. The van der Waals surface area contributed by atoms with Crippen LogP contribution in [0.15, 0.2) is 47.9 Å². The van der Waals surface area contributed by atoms with Gasteiger partial charge in [0, 0.05) is 31.1 Å². The molecule has 0 saturated carbocycles. The predicted molar refractivity (Wildman–Crippen MR) is 85.2 cm³/mol. The molecule has 0 aliphatic carbocycles. The molecule has 22 heavy (non-hydrogen) atoms. The van der Waals surface area contributed by atoms with Gasteiger partial charge in [-0.2, -0.15) is 0 Å². The molecule has 116 valence electrons. The fourth-order valence-corrected chi connectivity index (χ4v) is 2.51. The molecule has 2 aromatic rings. The lowest BCUT2D eigenvalue weighted by Crippen LogP contribution is -2.08. The summed E-state index contributed by atoms with van der Waals surface area (Å²) in [7, 11) is 0. The van der Waals surface area contributed by atoms with Gasteiger partial charge in [0.15, 0.2) is 11.9 Å². The zero-order valence-corrected chi connectivity index (χ0v) is 12.8. The van der Waals surface area contributed by atoms with Crippen molar-refractivity contribution in [1.29, 1.82) is 0 Å². The number of rotatable bonds is 4. The molecule has 0 radical (unpaired) electrons. The molecule has 1 aliphatic rings. The highest BCUT2D eigenvalue weighted by molar-refractivity contribution is 5.84. The number of benzene rings is 1. The Morgan fingerprint density at radius 1 is 1.23 bits per heavy atom. The Morgan fingerprint density at radius 3 is 2.95 bits per heavy atom. The Hall–Kier alpha value is -2.14. The minimum Gasteiger partial charge on any atom is -0.385 e. The van der Waals surface area contributed by atoms with Gasteiger partial charge in [-0.05, 0) is 31.9 Å². The Morgan fingerprint density at radius 2 is 2.09 bits per heavy atom. The van der Waals surface area contributed by atoms with Crippen LogP contribution in [0.2, 0.25) is 0 Å². The number of imidazole rings is 1. The largest absolute Gasteiger partial charge is 0.385 e. The van der Waals surface area contributed by atoms with Crippen molar-refractivity contribution in [2.75, 3.05) is 13.2 Å². The highest BCUT2D eigenvalue weighted by Gasteiger charge is 2.15. The van der Waals surface area contributed by atoms with Gasteiger partial charge in [-0.25, -0.2) is 4.98 Å². The van der Waals surface area contributed by atoms with Crippen LogP contribution in [-0.2, 0) is 9.57 Å². The number of hydrogen-bond donors (Lipinski definition) is 0. The van der Waals surface area contributed by atoms with Gasteiger partial charge < -0.3 is 14.1 Å². The minimum atomic E-state index is -0.202. The molecule has 1 unspecified atom stereocenters. The van der Waals surface area contributed by atoms with Crippen LogP contribution in [-0.4, -0.2) is 28.5 Å². The van der Waals surface area contributed by atoms with Gasteiger partial charge in [-0.1, -0.05) is 23.4 Å². The third-order valence-corrected chi connectivity index (χ3v) is 3.70. The van der Waals surface area contributed by atoms with E-state index in [1.165, 1.54) is 0 Å². The minimum absolute atomic E-state index is 0.202. The van der Waals surface area contributed by atoms with Gasteiger partial charge in [0.25, 0.3) is 0 Å². The molecule has 1 saturated heterocycles. The Labute approximate surface area is 130 Å². The zero-order valence-electron chi connectivity index (χ0n) is 12.8. The van der Waals surface area contributed by atoms with E-state index in [0.29, 0.717) is 0 Å². The summed E-state index contributed by atoms with van der Waals surface area (Å²) in [6.07, 6.45) is 6.33. The summed E-state index contributed by atoms with van der Waals surface area (Å²) in [5.74, 6) is 0.848. The SMILES string of the molecule is CC(O/N=C1/CCCOCC1)c1nccn1-c1ccccc1. The molecule has 1 atom stereocenters. The van der Waals surface area contributed by atoms with Crippen molar-refractivity contribution in [3.05, 3.63) is 48.5 Å². The van der Waals surface area contributed by atoms with E-state index in [-0.39, 0.29) is 6.10 Å². The van der Waals surface area contributed by atoms with E-state index in [1.54, 1.807) is 6.20 Å². The summed E-state index contributed by atoms with van der Waals surface area (Å²) in [5, 5.41) is 4.32. The maximum Gasteiger partial charge on any atom is 0.182 e. The van der Waals surface area contributed by atoms with E-state index in [1.807, 2.05) is 48.0 Å². The van der Waals surface area contributed by atoms with Crippen LogP contribution in [0.25, 0.3) is 5.69 Å². The van der Waals surface area contributed by atoms with Gasteiger partial charge in [-0.3, -0.25) is 0 Å². The van der Waals surface area contributed by atoms with Crippen LogP contribution < -0.4 is 0 Å². The zero-order chi connectivity index (χ0) is 15.2. The molecule has 1 aromatic heterocycles. The van der Waals surface area contributed by atoms with Crippen LogP contribution in [0.5, 0.6) is 0 Å². The molecule has 0 N–H and O–H groups in total. The lowest BCUT2D eigenvalue weighted by atomic mass is 10.2. The third kappa shape index (κ3) is 3.54. The number of para-hydroxylation sites is 1. The van der Waals surface area contributed by atoms with Gasteiger partial charge >= 0.3 is 0 Å². The van der Waals surface area contributed by atoms with Crippen molar-refractivity contribution in [3.63, 3.8) is 0 Å². The van der Waals surface area contributed by atoms with Gasteiger partial charge in [0.1, 0.15) is 0 Å². The molecule has 5 heteroatoms. The standard InChI is InChI=1S/C17H21N3O2/c1-14(22-19-15-6-5-12-21-13-9-15)17-18-10-11-20(17)16-7-3-2-4-8-16/h2-4,7-8,10-11,14H,5-6,9,12-13H2,1H3/b19-15-. The summed E-state index contributed by atoms with van der Waals surface area (Å²) < 4.78 is 7.46. The molecular formula is C17H21N3O2. The maximum atomic E-state index is 5.69. The number of ether oxygens (including phenoxy) is 1. The summed E-state index contributed by atoms with van der Waals surface area (Å²) in [6.45, 7) is 3.52. The van der Waals surface area contributed by atoms with Crippen molar-refractivity contribution < 1.29 is 9.57 Å². The monoisotopic (exact) mass is 299 g/mol. The first-order valence-electron chi connectivity index (χ1n) is 7.72. The summed E-state index contributed by atoms with van der Waals surface area (Å²) in [4.78, 5) is 10.1. The smallest absolute Gasteiger partial charge is 0.182 e. The van der Waals surface area contributed by atoms with Crippen molar-refractivity contribution in [3.8, 4) is 5.69 Å². The van der Waals surface area contributed by atoms with Crippen LogP contribution in [0, 0.1) is 0 Å². The predicted octanol–water partition coefficient (Wildman–Crippen LogP) is 3.51. The Bertz CT molecular complexity index is 612. The van der Waals surface area contributed by atoms with Crippen molar-refractivity contribution >= 4 is 5.71 Å². The van der Waals surface area contributed by atoms with Crippen molar-refractivity contribution in [2.45, 2.75) is 32.3 Å². The van der Waals surface area contributed by atoms with Gasteiger partial charge in [-0.15, -0.1) is 0 Å². The molecule has 0 spiro atoms. The lowest BCUT2D eigenvalue weighted by Gasteiger charge is -2.13. The van der Waals surface area contributed by atoms with Crippen LogP contribution in [0.1, 0.15) is 38.1 Å². The average molecular weight is 299 g/mol. The van der Waals surface area contributed by atoms with E-state index in [9.17, 15) is 0 Å². The van der Waals surface area contributed by atoms with Crippen LogP contribution in [0.4, 0.5) is 0 Å². The molecule has 5 nitrogen and oxygen atoms in total. The van der Waals surface area contributed by atoms with Crippen LogP contribution >= 0.6 is 0 Å². The molecule has 1 fully saturated rings. The first kappa shape index (κ1) is 14.8. The first-order chi connectivity index (χ1) is 10.8. The average Bonchev–Trinajstić information content (AvgIpc) is 2.91. The van der Waals surface area contributed by atoms with Crippen molar-refractivity contribution in [1.82, 2.24) is 9.55 Å². The van der Waals surface area contributed by atoms with Gasteiger partial charge in [0.05, 0.1) is 12.3 Å². The van der Waals surface area contributed by atoms with E-state index >= 15 is 0 Å². The second-order valence-corrected chi connectivity index (χ2v) is 5.36. The quantitative estimate of drug-likeness (QED) is 0.812. The topological polar surface area (TPSA) is 48.6 Å². The number of oxime groups is 1. The maximum absolute atomic E-state index is 5.69. The van der Waals surface area contributed by atoms with Crippen LogP contribution in [0.3, 0.4) is 0 Å². The van der Waals surface area contributed by atoms with E-state index in [2.05, 4.69) is 10.1 Å². The molecule has 0 amide bonds. The fraction of sp³-hybridized carbons (Fsp3) is 0.412. The van der Waals surface area contributed by atoms with E-state index in [4.69, 9.17) is 9.57 Å². The Kier molecular flexibility index (Phi) is 4.85. The van der Waals surface area contributed by atoms with Gasteiger partial charge in [0.2, 0.25) is 0 Å². The number of aromatic nitrogens is 2. The highest BCUT2D eigenvalue weighted by Crippen LogP contribution is 2.20. The molecule has 3 rings (SSSR count). The number of nitrogens with zero attached hydrogens (tertiary/aromatic N) is 3. The summed E-state index contributed by atoms with van der Waals surface area (Å²) in [5.41, 5.74) is 2.14. The second kappa shape index (κ2) is 7.22. The molecular weight excluding hydrogens is 278 g/mol. The summed E-state index contributed by atoms with van der Waals surface area (Å²) in [6, 6.07) is 10.1. The third-order valence-electron chi connectivity index (χ3n) is 3.70. The fourth-order valence-electron chi connectivity index (χ4n) is 2.51. The summed E-state index contributed by atoms with van der Waals surface area (Å²) >= 11 is 0. The highest BCUT2D eigenvalue weighted by atomic mass is 16.6. The molecule has 1 aliphatic heterocycles. The Balaban J connectivity index is 1.72. The second-order valence-electron chi connectivity index (χ2n) is 5.36. The lowest BCUT2D eigenvalue weighted by molar-refractivity contribution is 0.0639. The molecule has 2 heterocycles. The van der Waals surface area contributed by atoms with E-state index in [0.717, 1.165) is 49.7 Å². The van der Waals surface area contributed by atoms with E-state index < -0.39 is 0 Å². The molecule has 0 bridgehead atoms. The van der Waals surface area contributed by atoms with Crippen molar-refractivity contribution in [2.24, 2.45) is 5.16 Å². The molecule has 1 aromatic carbocycles. The normalized spacial score (nSPS) is 18.9. The number of hydrogen-bond acceptors (Lipinski definition) is 4.